The lowest BCUT2D eigenvalue weighted by Gasteiger charge is -2.11. The first kappa shape index (κ1) is 15.4. The highest BCUT2D eigenvalue weighted by Crippen LogP contribution is 2.32. The molecule has 2 aromatic carbocycles. The molecular formula is C15H12F3NOS. The average Bonchev–Trinajstić information content (AvgIpc) is 2.43. The Bertz CT molecular complexity index is 661. The molecule has 0 saturated heterocycles. The Hall–Kier alpha value is -1.95. The fourth-order valence-electron chi connectivity index (χ4n) is 1.78. The van der Waals surface area contributed by atoms with Gasteiger partial charge in [0.25, 0.3) is 11.7 Å². The molecule has 2 aromatic rings. The molecule has 0 bridgehead atoms. The number of halogens is 3. The monoisotopic (exact) mass is 311 g/mol. The van der Waals surface area contributed by atoms with Crippen LogP contribution in [0.1, 0.15) is 15.9 Å². The molecule has 0 heterocycles. The van der Waals surface area contributed by atoms with Gasteiger partial charge >= 0.3 is 0 Å². The number of para-hydroxylation sites is 1. The molecule has 1 amide bonds. The number of amides is 1. The number of carbonyl (C=O) groups is 1. The topological polar surface area (TPSA) is 29.1 Å². The van der Waals surface area contributed by atoms with Crippen molar-refractivity contribution in [3.05, 3.63) is 59.4 Å². The lowest BCUT2D eigenvalue weighted by atomic mass is 10.1. The van der Waals surface area contributed by atoms with Crippen LogP contribution in [0.5, 0.6) is 0 Å². The van der Waals surface area contributed by atoms with Gasteiger partial charge in [-0.1, -0.05) is 36.0 Å². The summed E-state index contributed by atoms with van der Waals surface area (Å²) < 4.78 is 38.8. The number of carbonyl (C=O) groups excluding carboxylic acids is 1. The van der Waals surface area contributed by atoms with Crippen LogP contribution in [0.15, 0.2) is 47.4 Å². The highest BCUT2D eigenvalue weighted by Gasteiger charge is 2.16. The Balaban J connectivity index is 2.26. The van der Waals surface area contributed by atoms with E-state index in [4.69, 9.17) is 0 Å². The van der Waals surface area contributed by atoms with Gasteiger partial charge in [0.05, 0.1) is 11.3 Å². The van der Waals surface area contributed by atoms with Crippen molar-refractivity contribution in [1.82, 2.24) is 0 Å². The Kier molecular flexibility index (Phi) is 4.90. The van der Waals surface area contributed by atoms with E-state index < -0.39 is 17.5 Å². The highest BCUT2D eigenvalue weighted by molar-refractivity contribution is 7.99. The van der Waals surface area contributed by atoms with Crippen LogP contribution in [0, 0.1) is 12.7 Å². The normalized spacial score (nSPS) is 10.7. The van der Waals surface area contributed by atoms with E-state index in [9.17, 15) is 18.0 Å². The molecule has 0 unspecified atom stereocenters. The maximum Gasteiger partial charge on any atom is 0.288 e. The van der Waals surface area contributed by atoms with Gasteiger partial charge in [-0.2, -0.15) is 8.78 Å². The van der Waals surface area contributed by atoms with Crippen LogP contribution in [0.4, 0.5) is 18.9 Å². The molecule has 0 aliphatic rings. The molecule has 21 heavy (non-hydrogen) atoms. The van der Waals surface area contributed by atoms with Gasteiger partial charge in [0.1, 0.15) is 5.82 Å². The molecule has 0 radical (unpaired) electrons. The Morgan fingerprint density at radius 2 is 1.86 bits per heavy atom. The third kappa shape index (κ3) is 3.78. The van der Waals surface area contributed by atoms with Gasteiger partial charge in [-0.25, -0.2) is 4.39 Å². The van der Waals surface area contributed by atoms with Crippen LogP contribution < -0.4 is 5.32 Å². The molecule has 6 heteroatoms. The van der Waals surface area contributed by atoms with Crippen LogP contribution in [-0.2, 0) is 0 Å². The minimum absolute atomic E-state index is 0.119. The molecular weight excluding hydrogens is 299 g/mol. The predicted molar refractivity (Wildman–Crippen MR) is 77.4 cm³/mol. The summed E-state index contributed by atoms with van der Waals surface area (Å²) in [5.74, 6) is -3.88. The number of benzene rings is 2. The van der Waals surface area contributed by atoms with E-state index in [0.29, 0.717) is 17.3 Å². The van der Waals surface area contributed by atoms with Crippen molar-refractivity contribution in [2.75, 3.05) is 5.32 Å². The van der Waals surface area contributed by atoms with E-state index in [1.165, 1.54) is 18.2 Å². The SMILES string of the molecule is Cc1cccc(C(=O)Nc2ccccc2SC(F)F)c1F. The number of thioether (sulfide) groups is 1. The molecule has 1 N–H and O–H groups in total. The molecule has 2 rings (SSSR count). The van der Waals surface area contributed by atoms with Crippen LogP contribution in [0.2, 0.25) is 0 Å². The molecule has 110 valence electrons. The summed E-state index contributed by atoms with van der Waals surface area (Å²) in [4.78, 5) is 12.3. The predicted octanol–water partition coefficient (Wildman–Crippen LogP) is 4.70. The van der Waals surface area contributed by atoms with Crippen molar-refractivity contribution >= 4 is 23.4 Å². The van der Waals surface area contributed by atoms with Crippen LogP contribution >= 0.6 is 11.8 Å². The zero-order valence-electron chi connectivity index (χ0n) is 11.1. The lowest BCUT2D eigenvalue weighted by molar-refractivity contribution is 0.102. The van der Waals surface area contributed by atoms with E-state index >= 15 is 0 Å². The fraction of sp³-hybridized carbons (Fsp3) is 0.133. The largest absolute Gasteiger partial charge is 0.321 e. The van der Waals surface area contributed by atoms with Crippen molar-refractivity contribution in [1.29, 1.82) is 0 Å². The number of nitrogens with one attached hydrogen (secondary N) is 1. The first-order valence-corrected chi connectivity index (χ1v) is 6.97. The van der Waals surface area contributed by atoms with Gasteiger partial charge in [-0.05, 0) is 30.7 Å². The zero-order valence-corrected chi connectivity index (χ0v) is 11.9. The number of rotatable bonds is 4. The van der Waals surface area contributed by atoms with Crippen LogP contribution in [0.25, 0.3) is 0 Å². The first-order chi connectivity index (χ1) is 9.99. The summed E-state index contributed by atoms with van der Waals surface area (Å²) in [6, 6.07) is 10.6. The van der Waals surface area contributed by atoms with Gasteiger partial charge in [0, 0.05) is 4.90 Å². The number of anilines is 1. The number of hydrogen-bond donors (Lipinski definition) is 1. The van der Waals surface area contributed by atoms with Crippen LogP contribution in [-0.4, -0.2) is 11.7 Å². The maximum absolute atomic E-state index is 13.9. The summed E-state index contributed by atoms with van der Waals surface area (Å²) in [6.07, 6.45) is 0. The molecule has 0 aliphatic carbocycles. The Morgan fingerprint density at radius 3 is 2.57 bits per heavy atom. The number of hydrogen-bond acceptors (Lipinski definition) is 2. The first-order valence-electron chi connectivity index (χ1n) is 6.09. The second-order valence-corrected chi connectivity index (χ2v) is 5.30. The molecule has 0 fully saturated rings. The lowest BCUT2D eigenvalue weighted by Crippen LogP contribution is -2.15. The van der Waals surface area contributed by atoms with Crippen molar-refractivity contribution in [2.24, 2.45) is 0 Å². The van der Waals surface area contributed by atoms with E-state index in [1.54, 1.807) is 31.2 Å². The summed E-state index contributed by atoms with van der Waals surface area (Å²) in [6.45, 7) is 1.55. The van der Waals surface area contributed by atoms with Gasteiger partial charge in [0.2, 0.25) is 0 Å². The molecule has 2 nitrogen and oxygen atoms in total. The third-order valence-electron chi connectivity index (χ3n) is 2.79. The van der Waals surface area contributed by atoms with Gasteiger partial charge in [0.15, 0.2) is 0 Å². The summed E-state index contributed by atoms with van der Waals surface area (Å²) in [5, 5.41) is 2.47. The van der Waals surface area contributed by atoms with Crippen LogP contribution in [0.3, 0.4) is 0 Å². The highest BCUT2D eigenvalue weighted by atomic mass is 32.2. The van der Waals surface area contributed by atoms with E-state index in [1.807, 2.05) is 0 Å². The van der Waals surface area contributed by atoms with Crippen molar-refractivity contribution < 1.29 is 18.0 Å². The Labute approximate surface area is 124 Å². The van der Waals surface area contributed by atoms with E-state index in [2.05, 4.69) is 5.32 Å². The van der Waals surface area contributed by atoms with Gasteiger partial charge in [-0.3, -0.25) is 4.79 Å². The fourth-order valence-corrected chi connectivity index (χ4v) is 2.38. The second-order valence-electron chi connectivity index (χ2n) is 4.27. The molecule has 0 spiro atoms. The minimum atomic E-state index is -2.60. The van der Waals surface area contributed by atoms with Gasteiger partial charge in [-0.15, -0.1) is 0 Å². The minimum Gasteiger partial charge on any atom is -0.321 e. The van der Waals surface area contributed by atoms with E-state index in [0.717, 1.165) is 0 Å². The number of alkyl halides is 2. The van der Waals surface area contributed by atoms with Crippen molar-refractivity contribution in [2.45, 2.75) is 17.6 Å². The second kappa shape index (κ2) is 6.67. The standard InChI is InChI=1S/C15H12F3NOS/c1-9-5-4-6-10(13(9)16)14(20)19-11-7-2-3-8-12(11)21-15(17)18/h2-8,15H,1H3,(H,19,20). The summed E-state index contributed by atoms with van der Waals surface area (Å²) >= 11 is 0.328. The maximum atomic E-state index is 13.9. The number of aryl methyl sites for hydroxylation is 1. The smallest absolute Gasteiger partial charge is 0.288 e. The third-order valence-corrected chi connectivity index (χ3v) is 3.58. The van der Waals surface area contributed by atoms with Gasteiger partial charge < -0.3 is 5.32 Å². The molecule has 0 aromatic heterocycles. The average molecular weight is 311 g/mol. The summed E-state index contributed by atoms with van der Waals surface area (Å²) in [7, 11) is 0. The van der Waals surface area contributed by atoms with Crippen molar-refractivity contribution in [3.8, 4) is 0 Å². The molecule has 0 atom stereocenters. The Morgan fingerprint density at radius 1 is 1.14 bits per heavy atom. The zero-order chi connectivity index (χ0) is 15.4. The van der Waals surface area contributed by atoms with Crippen molar-refractivity contribution in [3.63, 3.8) is 0 Å². The quantitative estimate of drug-likeness (QED) is 0.829. The molecule has 0 saturated carbocycles. The van der Waals surface area contributed by atoms with E-state index in [-0.39, 0.29) is 16.1 Å². The summed E-state index contributed by atoms with van der Waals surface area (Å²) in [5.41, 5.74) is 0.457. The molecule has 0 aliphatic heterocycles.